The molecule has 9 heteroatoms. The van der Waals surface area contributed by atoms with Crippen LogP contribution in [0, 0.1) is 0 Å². The molecule has 2 aromatic rings. The highest BCUT2D eigenvalue weighted by Crippen LogP contribution is 2.22. The second-order valence-electron chi connectivity index (χ2n) is 6.43. The Balaban J connectivity index is 0.00000261. The highest BCUT2D eigenvalue weighted by atomic mass is 35.5. The van der Waals surface area contributed by atoms with Crippen LogP contribution in [0.25, 0.3) is 0 Å². The summed E-state index contributed by atoms with van der Waals surface area (Å²) in [5.74, 6) is 0.942. The summed E-state index contributed by atoms with van der Waals surface area (Å²) >= 11 is 0. The van der Waals surface area contributed by atoms with Gasteiger partial charge in [0, 0.05) is 39.1 Å². The number of halogens is 1. The molecule has 2 heterocycles. The predicted molar refractivity (Wildman–Crippen MR) is 106 cm³/mol. The molecular formula is C18H25ClN4O3S. The van der Waals surface area contributed by atoms with Crippen LogP contribution in [0.4, 0.5) is 0 Å². The van der Waals surface area contributed by atoms with Crippen molar-refractivity contribution in [1.29, 1.82) is 0 Å². The van der Waals surface area contributed by atoms with Crippen molar-refractivity contribution in [2.45, 2.75) is 24.3 Å². The van der Waals surface area contributed by atoms with Crippen molar-refractivity contribution in [2.24, 2.45) is 7.05 Å². The number of imidazole rings is 1. The topological polar surface area (TPSA) is 84.3 Å². The summed E-state index contributed by atoms with van der Waals surface area (Å²) in [4.78, 5) is 19.4. The van der Waals surface area contributed by atoms with Crippen molar-refractivity contribution >= 4 is 28.2 Å². The van der Waals surface area contributed by atoms with Gasteiger partial charge in [0.25, 0.3) is 0 Å². The van der Waals surface area contributed by atoms with Gasteiger partial charge in [0.1, 0.15) is 11.9 Å². The number of hydrogen-bond donors (Lipinski definition) is 1. The van der Waals surface area contributed by atoms with E-state index in [1.165, 1.54) is 0 Å². The van der Waals surface area contributed by atoms with Gasteiger partial charge in [0.2, 0.25) is 5.91 Å². The van der Waals surface area contributed by atoms with Gasteiger partial charge in [-0.1, -0.05) is 19.1 Å². The van der Waals surface area contributed by atoms with Crippen LogP contribution in [-0.4, -0.2) is 54.2 Å². The van der Waals surface area contributed by atoms with Gasteiger partial charge in [-0.3, -0.25) is 4.79 Å². The molecule has 0 bridgehead atoms. The van der Waals surface area contributed by atoms with Crippen molar-refractivity contribution in [2.75, 3.05) is 25.4 Å². The highest BCUT2D eigenvalue weighted by Gasteiger charge is 2.30. The Labute approximate surface area is 166 Å². The van der Waals surface area contributed by atoms with E-state index >= 15 is 0 Å². The van der Waals surface area contributed by atoms with E-state index in [9.17, 15) is 13.2 Å². The van der Waals surface area contributed by atoms with Gasteiger partial charge in [-0.25, -0.2) is 13.4 Å². The first-order chi connectivity index (χ1) is 12.4. The summed E-state index contributed by atoms with van der Waals surface area (Å²) in [6.45, 7) is 3.66. The van der Waals surface area contributed by atoms with E-state index in [2.05, 4.69) is 10.3 Å². The second kappa shape index (κ2) is 8.86. The lowest BCUT2D eigenvalue weighted by atomic mass is 10.1. The molecule has 1 aromatic heterocycles. The number of aromatic nitrogens is 2. The lowest BCUT2D eigenvalue weighted by Crippen LogP contribution is -2.49. The molecule has 1 N–H and O–H groups in total. The summed E-state index contributed by atoms with van der Waals surface area (Å²) in [5, 5.41) is 3.32. The number of carbonyl (C=O) groups excluding carboxylic acids is 1. The number of carbonyl (C=O) groups is 1. The molecule has 27 heavy (non-hydrogen) atoms. The molecule has 148 valence electrons. The van der Waals surface area contributed by atoms with Crippen LogP contribution in [0.1, 0.15) is 24.4 Å². The number of rotatable bonds is 5. The second-order valence-corrected chi connectivity index (χ2v) is 8.71. The fourth-order valence-electron chi connectivity index (χ4n) is 3.19. The Morgan fingerprint density at radius 1 is 1.30 bits per heavy atom. The Bertz CT molecular complexity index is 880. The third-order valence-electron chi connectivity index (χ3n) is 4.74. The van der Waals surface area contributed by atoms with Gasteiger partial charge in [0.15, 0.2) is 9.84 Å². The molecule has 1 unspecified atom stereocenters. The summed E-state index contributed by atoms with van der Waals surface area (Å²) in [6.07, 6.45) is 3.85. The van der Waals surface area contributed by atoms with E-state index in [1.54, 1.807) is 37.4 Å². The van der Waals surface area contributed by atoms with Crippen molar-refractivity contribution in [3.8, 4) is 0 Å². The minimum atomic E-state index is -3.22. The predicted octanol–water partition coefficient (Wildman–Crippen LogP) is 1.35. The maximum Gasteiger partial charge on any atom is 0.227 e. The molecule has 3 rings (SSSR count). The number of hydrogen-bond acceptors (Lipinski definition) is 5. The average Bonchev–Trinajstić information content (AvgIpc) is 3.08. The van der Waals surface area contributed by atoms with Gasteiger partial charge in [-0.2, -0.15) is 0 Å². The standard InChI is InChI=1S/C18H24N4O3S.ClH/c1-3-26(24,25)15-6-4-14(5-7-15)12-17(23)22-11-8-19-13-16(22)18-20-9-10-21(18)2;/h4-7,9-10,16,19H,3,8,11-13H2,1-2H3;1H. The van der Waals surface area contributed by atoms with Crippen LogP contribution in [0.5, 0.6) is 0 Å². The zero-order valence-corrected chi connectivity index (χ0v) is 17.1. The fourth-order valence-corrected chi connectivity index (χ4v) is 4.07. The maximum atomic E-state index is 12.9. The van der Waals surface area contributed by atoms with Gasteiger partial charge < -0.3 is 14.8 Å². The summed E-state index contributed by atoms with van der Waals surface area (Å²) < 4.78 is 25.7. The summed E-state index contributed by atoms with van der Waals surface area (Å²) in [5.41, 5.74) is 0.808. The number of benzene rings is 1. The quantitative estimate of drug-likeness (QED) is 0.801. The third kappa shape index (κ3) is 4.69. The molecule has 0 saturated carbocycles. The van der Waals surface area contributed by atoms with Gasteiger partial charge in [0.05, 0.1) is 17.1 Å². The molecule has 1 fully saturated rings. The number of piperazine rings is 1. The molecule has 1 aromatic carbocycles. The van der Waals surface area contributed by atoms with Crippen molar-refractivity contribution in [1.82, 2.24) is 19.8 Å². The van der Waals surface area contributed by atoms with Crippen molar-refractivity contribution in [3.63, 3.8) is 0 Å². The SMILES string of the molecule is CCS(=O)(=O)c1ccc(CC(=O)N2CCNCC2c2nccn2C)cc1.Cl. The van der Waals surface area contributed by atoms with Crippen LogP contribution in [0.3, 0.4) is 0 Å². The molecule has 0 spiro atoms. The zero-order valence-electron chi connectivity index (χ0n) is 15.5. The fraction of sp³-hybridized carbons (Fsp3) is 0.444. The smallest absolute Gasteiger partial charge is 0.227 e. The van der Waals surface area contributed by atoms with Gasteiger partial charge >= 0.3 is 0 Å². The minimum absolute atomic E-state index is 0. The first-order valence-corrected chi connectivity index (χ1v) is 10.4. The molecular weight excluding hydrogens is 388 g/mol. The molecule has 7 nitrogen and oxygen atoms in total. The third-order valence-corrected chi connectivity index (χ3v) is 6.49. The average molecular weight is 413 g/mol. The highest BCUT2D eigenvalue weighted by molar-refractivity contribution is 7.91. The minimum Gasteiger partial charge on any atom is -0.336 e. The normalized spacial score (nSPS) is 17.4. The monoisotopic (exact) mass is 412 g/mol. The Morgan fingerprint density at radius 3 is 2.59 bits per heavy atom. The number of amides is 1. The van der Waals surface area contributed by atoms with Gasteiger partial charge in [-0.15, -0.1) is 12.4 Å². The number of sulfone groups is 1. The van der Waals surface area contributed by atoms with E-state index < -0.39 is 9.84 Å². The lowest BCUT2D eigenvalue weighted by Gasteiger charge is -2.35. The van der Waals surface area contributed by atoms with Crippen LogP contribution in [0.2, 0.25) is 0 Å². The Kier molecular flexibility index (Phi) is 7.02. The number of nitrogens with one attached hydrogen (secondary N) is 1. The first-order valence-electron chi connectivity index (χ1n) is 8.71. The molecule has 1 aliphatic heterocycles. The summed E-state index contributed by atoms with van der Waals surface area (Å²) in [6, 6.07) is 6.50. The molecule has 1 saturated heterocycles. The van der Waals surface area contributed by atoms with Crippen LogP contribution in [0.15, 0.2) is 41.6 Å². The molecule has 1 amide bonds. The van der Waals surface area contributed by atoms with E-state index in [0.29, 0.717) is 18.0 Å². The number of nitrogens with zero attached hydrogens (tertiary/aromatic N) is 3. The maximum absolute atomic E-state index is 12.9. The van der Waals surface area contributed by atoms with E-state index in [-0.39, 0.29) is 36.5 Å². The molecule has 0 radical (unpaired) electrons. The lowest BCUT2D eigenvalue weighted by molar-refractivity contribution is -0.134. The Morgan fingerprint density at radius 2 is 2.00 bits per heavy atom. The van der Waals surface area contributed by atoms with Gasteiger partial charge in [-0.05, 0) is 17.7 Å². The Hall–Kier alpha value is -1.90. The summed E-state index contributed by atoms with van der Waals surface area (Å²) in [7, 11) is -1.30. The van der Waals surface area contributed by atoms with Crippen LogP contribution in [-0.2, 0) is 28.1 Å². The molecule has 1 atom stereocenters. The van der Waals surface area contributed by atoms with E-state index in [4.69, 9.17) is 0 Å². The molecule has 0 aliphatic carbocycles. The number of aryl methyl sites for hydroxylation is 1. The van der Waals surface area contributed by atoms with E-state index in [1.807, 2.05) is 22.7 Å². The molecule has 1 aliphatic rings. The van der Waals surface area contributed by atoms with Crippen molar-refractivity contribution in [3.05, 3.63) is 48.0 Å². The van der Waals surface area contributed by atoms with Crippen LogP contribution >= 0.6 is 12.4 Å². The zero-order chi connectivity index (χ0) is 18.7. The first kappa shape index (κ1) is 21.4. The van der Waals surface area contributed by atoms with E-state index in [0.717, 1.165) is 17.9 Å². The van der Waals surface area contributed by atoms with Crippen molar-refractivity contribution < 1.29 is 13.2 Å². The largest absolute Gasteiger partial charge is 0.336 e. The van der Waals surface area contributed by atoms with Crippen LogP contribution < -0.4 is 5.32 Å².